The Morgan fingerprint density at radius 2 is 1.94 bits per heavy atom. The monoisotopic (exact) mass is 242 g/mol. The Hall–Kier alpha value is -0.610. The highest BCUT2D eigenvalue weighted by atomic mass is 16.5. The quantitative estimate of drug-likeness (QED) is 0.789. The number of carbonyl (C=O) groups is 1. The fourth-order valence-corrected chi connectivity index (χ4v) is 1.98. The predicted octanol–water partition coefficient (Wildman–Crippen LogP) is 1.24. The molecular weight excluding hydrogens is 216 g/mol. The molecule has 1 aliphatic rings. The second-order valence-electron chi connectivity index (χ2n) is 5.39. The van der Waals surface area contributed by atoms with Gasteiger partial charge in [-0.1, -0.05) is 20.8 Å². The molecule has 1 aliphatic heterocycles. The molecule has 0 saturated carbocycles. The number of amides is 1. The molecule has 0 bridgehead atoms. The van der Waals surface area contributed by atoms with Crippen LogP contribution in [0.2, 0.25) is 0 Å². The van der Waals surface area contributed by atoms with E-state index in [4.69, 9.17) is 10.5 Å². The molecule has 1 rings (SSSR count). The Kier molecular flexibility index (Phi) is 5.92. The van der Waals surface area contributed by atoms with E-state index in [1.165, 1.54) is 0 Å². The minimum absolute atomic E-state index is 0.0527. The van der Waals surface area contributed by atoms with E-state index in [1.807, 2.05) is 11.8 Å². The van der Waals surface area contributed by atoms with Gasteiger partial charge in [-0.15, -0.1) is 0 Å². The lowest BCUT2D eigenvalue weighted by Gasteiger charge is -2.33. The van der Waals surface area contributed by atoms with Crippen molar-refractivity contribution in [3.05, 3.63) is 0 Å². The molecule has 0 spiro atoms. The molecule has 0 aromatic heterocycles. The summed E-state index contributed by atoms with van der Waals surface area (Å²) < 4.78 is 5.80. The molecular formula is C13H26N2O2. The maximum atomic E-state index is 11.9. The minimum Gasteiger partial charge on any atom is -0.378 e. The number of ether oxygens (including phenoxy) is 1. The van der Waals surface area contributed by atoms with Gasteiger partial charge in [-0.05, 0) is 18.8 Å². The van der Waals surface area contributed by atoms with E-state index in [0.717, 1.165) is 32.5 Å². The van der Waals surface area contributed by atoms with Crippen molar-refractivity contribution >= 4 is 5.91 Å². The summed E-state index contributed by atoms with van der Waals surface area (Å²) in [6.45, 7) is 9.07. The first kappa shape index (κ1) is 14.5. The van der Waals surface area contributed by atoms with Crippen LogP contribution in [-0.4, -0.2) is 43.2 Å². The van der Waals surface area contributed by atoms with Crippen LogP contribution >= 0.6 is 0 Å². The van der Waals surface area contributed by atoms with E-state index in [0.29, 0.717) is 18.6 Å². The van der Waals surface area contributed by atoms with Crippen molar-refractivity contribution in [1.29, 1.82) is 0 Å². The molecule has 0 radical (unpaired) electrons. The van der Waals surface area contributed by atoms with Crippen LogP contribution in [0.1, 0.15) is 33.6 Å². The maximum Gasteiger partial charge on any atom is 0.226 e. The third-order valence-corrected chi connectivity index (χ3v) is 3.19. The predicted molar refractivity (Wildman–Crippen MR) is 68.6 cm³/mol. The van der Waals surface area contributed by atoms with Crippen LogP contribution in [0.3, 0.4) is 0 Å². The van der Waals surface area contributed by atoms with Gasteiger partial charge in [0.15, 0.2) is 0 Å². The van der Waals surface area contributed by atoms with Crippen molar-refractivity contribution in [3.8, 4) is 0 Å². The SMILES string of the molecule is CC(C)COC1CCN(C(=O)C(C)CN)CC1. The molecule has 4 heteroatoms. The highest BCUT2D eigenvalue weighted by Gasteiger charge is 2.25. The Morgan fingerprint density at radius 3 is 2.41 bits per heavy atom. The zero-order chi connectivity index (χ0) is 12.8. The van der Waals surface area contributed by atoms with Crippen LogP contribution in [0.25, 0.3) is 0 Å². The first-order chi connectivity index (χ1) is 8.04. The standard InChI is InChI=1S/C13H26N2O2/c1-10(2)9-17-12-4-6-15(7-5-12)13(16)11(3)8-14/h10-12H,4-9,14H2,1-3H3. The van der Waals surface area contributed by atoms with E-state index in [1.54, 1.807) is 0 Å². The van der Waals surface area contributed by atoms with E-state index in [-0.39, 0.29) is 11.8 Å². The topological polar surface area (TPSA) is 55.6 Å². The lowest BCUT2D eigenvalue weighted by atomic mass is 10.0. The molecule has 1 saturated heterocycles. The number of hydrogen-bond acceptors (Lipinski definition) is 3. The van der Waals surface area contributed by atoms with Crippen molar-refractivity contribution < 1.29 is 9.53 Å². The summed E-state index contributed by atoms with van der Waals surface area (Å²) in [4.78, 5) is 13.8. The van der Waals surface area contributed by atoms with E-state index < -0.39 is 0 Å². The summed E-state index contributed by atoms with van der Waals surface area (Å²) in [5.74, 6) is 0.713. The van der Waals surface area contributed by atoms with Gasteiger partial charge in [-0.3, -0.25) is 4.79 Å². The number of piperidine rings is 1. The fraction of sp³-hybridized carbons (Fsp3) is 0.923. The van der Waals surface area contributed by atoms with Crippen molar-refractivity contribution in [2.24, 2.45) is 17.6 Å². The number of nitrogens with two attached hydrogens (primary N) is 1. The second kappa shape index (κ2) is 6.97. The number of nitrogens with zero attached hydrogens (tertiary/aromatic N) is 1. The van der Waals surface area contributed by atoms with Crippen LogP contribution in [0.4, 0.5) is 0 Å². The molecule has 4 nitrogen and oxygen atoms in total. The van der Waals surface area contributed by atoms with Crippen LogP contribution in [-0.2, 0) is 9.53 Å². The van der Waals surface area contributed by atoms with Gasteiger partial charge in [0.05, 0.1) is 6.10 Å². The van der Waals surface area contributed by atoms with Gasteiger partial charge in [0.1, 0.15) is 0 Å². The van der Waals surface area contributed by atoms with E-state index in [9.17, 15) is 4.79 Å². The molecule has 1 heterocycles. The normalized spacial score (nSPS) is 19.7. The van der Waals surface area contributed by atoms with Gasteiger partial charge in [0.2, 0.25) is 5.91 Å². The lowest BCUT2D eigenvalue weighted by molar-refractivity contribution is -0.137. The van der Waals surface area contributed by atoms with Gasteiger partial charge in [-0.2, -0.15) is 0 Å². The summed E-state index contributed by atoms with van der Waals surface area (Å²) in [5, 5.41) is 0. The third-order valence-electron chi connectivity index (χ3n) is 3.19. The molecule has 0 aliphatic carbocycles. The number of carbonyl (C=O) groups excluding carboxylic acids is 1. The van der Waals surface area contributed by atoms with Gasteiger partial charge < -0.3 is 15.4 Å². The lowest BCUT2D eigenvalue weighted by Crippen LogP contribution is -2.44. The smallest absolute Gasteiger partial charge is 0.226 e. The molecule has 1 atom stereocenters. The van der Waals surface area contributed by atoms with Gasteiger partial charge >= 0.3 is 0 Å². The zero-order valence-electron chi connectivity index (χ0n) is 11.3. The van der Waals surface area contributed by atoms with Gasteiger partial charge in [-0.25, -0.2) is 0 Å². The highest BCUT2D eigenvalue weighted by Crippen LogP contribution is 2.16. The van der Waals surface area contributed by atoms with Crippen molar-refractivity contribution in [3.63, 3.8) is 0 Å². The minimum atomic E-state index is -0.0527. The number of rotatable bonds is 5. The Labute approximate surface area is 104 Å². The average Bonchev–Trinajstić information content (AvgIpc) is 2.35. The molecule has 100 valence electrons. The molecule has 17 heavy (non-hydrogen) atoms. The van der Waals surface area contributed by atoms with Crippen LogP contribution in [0.5, 0.6) is 0 Å². The van der Waals surface area contributed by atoms with E-state index in [2.05, 4.69) is 13.8 Å². The number of likely N-dealkylation sites (tertiary alicyclic amines) is 1. The largest absolute Gasteiger partial charge is 0.378 e. The average molecular weight is 242 g/mol. The molecule has 1 fully saturated rings. The van der Waals surface area contributed by atoms with Crippen LogP contribution in [0, 0.1) is 11.8 Å². The van der Waals surface area contributed by atoms with Crippen molar-refractivity contribution in [1.82, 2.24) is 4.90 Å². The van der Waals surface area contributed by atoms with Crippen LogP contribution < -0.4 is 5.73 Å². The molecule has 0 aromatic rings. The molecule has 0 aromatic carbocycles. The molecule has 2 N–H and O–H groups in total. The van der Waals surface area contributed by atoms with Crippen molar-refractivity contribution in [2.75, 3.05) is 26.2 Å². The fourth-order valence-electron chi connectivity index (χ4n) is 1.98. The molecule has 1 unspecified atom stereocenters. The zero-order valence-corrected chi connectivity index (χ0v) is 11.3. The van der Waals surface area contributed by atoms with Gasteiger partial charge in [0.25, 0.3) is 0 Å². The Morgan fingerprint density at radius 1 is 1.35 bits per heavy atom. The maximum absolute atomic E-state index is 11.9. The third kappa shape index (κ3) is 4.64. The first-order valence-corrected chi connectivity index (χ1v) is 6.65. The first-order valence-electron chi connectivity index (χ1n) is 6.65. The highest BCUT2D eigenvalue weighted by molar-refractivity contribution is 5.78. The van der Waals surface area contributed by atoms with Gasteiger partial charge in [0, 0.05) is 32.2 Å². The summed E-state index contributed by atoms with van der Waals surface area (Å²) in [6.07, 6.45) is 2.24. The summed E-state index contributed by atoms with van der Waals surface area (Å²) in [5.41, 5.74) is 5.52. The Bertz CT molecular complexity index is 236. The number of hydrogen-bond donors (Lipinski definition) is 1. The summed E-state index contributed by atoms with van der Waals surface area (Å²) in [7, 11) is 0. The summed E-state index contributed by atoms with van der Waals surface area (Å²) >= 11 is 0. The Balaban J connectivity index is 2.28. The summed E-state index contributed by atoms with van der Waals surface area (Å²) in [6, 6.07) is 0. The molecule has 1 amide bonds. The second-order valence-corrected chi connectivity index (χ2v) is 5.39. The van der Waals surface area contributed by atoms with Crippen LogP contribution in [0.15, 0.2) is 0 Å². The van der Waals surface area contributed by atoms with E-state index >= 15 is 0 Å². The van der Waals surface area contributed by atoms with Crippen molar-refractivity contribution in [2.45, 2.75) is 39.7 Å².